The molecule has 176 valence electrons. The van der Waals surface area contributed by atoms with E-state index in [1.165, 1.54) is 29.6 Å². The number of halogens is 3. The lowest BCUT2D eigenvalue weighted by atomic mass is 10.2. The van der Waals surface area contributed by atoms with Crippen molar-refractivity contribution < 1.29 is 22.7 Å². The molecule has 4 aromatic rings. The summed E-state index contributed by atoms with van der Waals surface area (Å²) < 4.78 is 46.8. The van der Waals surface area contributed by atoms with Gasteiger partial charge < -0.3 is 9.64 Å². The summed E-state index contributed by atoms with van der Waals surface area (Å²) in [6.07, 6.45) is -2.11. The van der Waals surface area contributed by atoms with Gasteiger partial charge in [-0.05, 0) is 24.3 Å². The van der Waals surface area contributed by atoms with Crippen LogP contribution in [-0.4, -0.2) is 44.3 Å². The molecule has 0 aliphatic heterocycles. The van der Waals surface area contributed by atoms with Crippen LogP contribution in [0, 0.1) is 0 Å². The Morgan fingerprint density at radius 3 is 2.65 bits per heavy atom. The van der Waals surface area contributed by atoms with Crippen LogP contribution in [0.1, 0.15) is 11.1 Å². The smallest absolute Gasteiger partial charge is 0.416 e. The first-order chi connectivity index (χ1) is 16.2. The summed E-state index contributed by atoms with van der Waals surface area (Å²) in [7, 11) is 3.15. The number of aromatic nitrogens is 4. The van der Waals surface area contributed by atoms with Gasteiger partial charge in [0.2, 0.25) is 5.91 Å². The molecule has 0 aliphatic rings. The zero-order valence-corrected chi connectivity index (χ0v) is 18.3. The maximum Gasteiger partial charge on any atom is 0.416 e. The Kier molecular flexibility index (Phi) is 6.10. The third kappa shape index (κ3) is 4.49. The predicted molar refractivity (Wildman–Crippen MR) is 118 cm³/mol. The highest BCUT2D eigenvalue weighted by molar-refractivity contribution is 5.78. The van der Waals surface area contributed by atoms with E-state index in [2.05, 4.69) is 10.1 Å². The maximum absolute atomic E-state index is 13.1. The van der Waals surface area contributed by atoms with Crippen LogP contribution in [0.2, 0.25) is 0 Å². The van der Waals surface area contributed by atoms with Crippen LogP contribution in [0.5, 0.6) is 5.75 Å². The molecular weight excluding hydrogens is 451 g/mol. The molecule has 2 heterocycles. The lowest BCUT2D eigenvalue weighted by molar-refractivity contribution is -0.137. The van der Waals surface area contributed by atoms with Crippen LogP contribution in [0.25, 0.3) is 16.7 Å². The van der Waals surface area contributed by atoms with Crippen LogP contribution >= 0.6 is 0 Å². The molecule has 4 rings (SSSR count). The van der Waals surface area contributed by atoms with E-state index in [1.54, 1.807) is 20.2 Å². The molecule has 0 unspecified atom stereocenters. The highest BCUT2D eigenvalue weighted by Gasteiger charge is 2.30. The van der Waals surface area contributed by atoms with E-state index in [4.69, 9.17) is 4.74 Å². The minimum Gasteiger partial charge on any atom is -0.496 e. The number of carbonyl (C=O) groups excluding carboxylic acids is 1. The van der Waals surface area contributed by atoms with Gasteiger partial charge in [0.25, 0.3) is 5.56 Å². The number of methoxy groups -OCH3 is 1. The molecule has 0 bridgehead atoms. The van der Waals surface area contributed by atoms with Crippen LogP contribution < -0.4 is 10.3 Å². The van der Waals surface area contributed by atoms with Crippen LogP contribution in [0.3, 0.4) is 0 Å². The Balaban J connectivity index is 1.58. The van der Waals surface area contributed by atoms with Gasteiger partial charge in [-0.1, -0.05) is 24.3 Å². The number of hydrogen-bond donors (Lipinski definition) is 0. The molecule has 0 aliphatic carbocycles. The normalized spacial score (nSPS) is 11.6. The average Bonchev–Trinajstić information content (AvgIpc) is 3.25. The Hall–Kier alpha value is -4.15. The third-order valence-corrected chi connectivity index (χ3v) is 5.30. The highest BCUT2D eigenvalue weighted by Crippen LogP contribution is 2.30. The fourth-order valence-electron chi connectivity index (χ4n) is 3.51. The van der Waals surface area contributed by atoms with E-state index in [0.29, 0.717) is 5.75 Å². The minimum absolute atomic E-state index is 0.0834. The Bertz CT molecular complexity index is 1410. The predicted octanol–water partition coefficient (Wildman–Crippen LogP) is 3.27. The van der Waals surface area contributed by atoms with Crippen molar-refractivity contribution >= 4 is 16.9 Å². The Labute approximate surface area is 191 Å². The first-order valence-corrected chi connectivity index (χ1v) is 10.2. The summed E-state index contributed by atoms with van der Waals surface area (Å²) in [5.41, 5.74) is -0.352. The fraction of sp³-hybridized carbons (Fsp3) is 0.217. The monoisotopic (exact) mass is 471 g/mol. The van der Waals surface area contributed by atoms with E-state index in [1.807, 2.05) is 18.2 Å². The van der Waals surface area contributed by atoms with E-state index in [0.717, 1.165) is 26.9 Å². The van der Waals surface area contributed by atoms with Gasteiger partial charge in [-0.3, -0.25) is 14.2 Å². The van der Waals surface area contributed by atoms with Crippen molar-refractivity contribution in [2.24, 2.45) is 0 Å². The SMILES string of the molecule is COc1ccccc1CN(C)C(=O)Cn1cnc2c(cnn2-c2cccc(C(F)(F)F)c2)c1=O. The molecule has 0 saturated heterocycles. The standard InChI is InChI=1S/C23H20F3N5O3/c1-29(12-15-6-3-4-9-19(15)34-2)20(32)13-30-14-27-21-18(22(30)33)11-28-31(21)17-8-5-7-16(10-17)23(24,25)26/h3-11,14H,12-13H2,1-2H3. The topological polar surface area (TPSA) is 82.2 Å². The number of nitrogens with zero attached hydrogens (tertiary/aromatic N) is 5. The molecule has 0 atom stereocenters. The summed E-state index contributed by atoms with van der Waals surface area (Å²) >= 11 is 0. The summed E-state index contributed by atoms with van der Waals surface area (Å²) in [5, 5.41) is 4.13. The second kappa shape index (κ2) is 9.00. The van der Waals surface area contributed by atoms with Crippen molar-refractivity contribution in [2.45, 2.75) is 19.3 Å². The zero-order valence-electron chi connectivity index (χ0n) is 18.3. The van der Waals surface area contributed by atoms with Gasteiger partial charge in [-0.2, -0.15) is 18.3 Å². The van der Waals surface area contributed by atoms with Gasteiger partial charge >= 0.3 is 6.18 Å². The van der Waals surface area contributed by atoms with Gasteiger partial charge in [0, 0.05) is 19.2 Å². The number of para-hydroxylation sites is 1. The number of amides is 1. The molecule has 2 aromatic carbocycles. The molecular formula is C23H20F3N5O3. The minimum atomic E-state index is -4.52. The molecule has 1 amide bonds. The molecule has 0 spiro atoms. The van der Waals surface area contributed by atoms with E-state index < -0.39 is 17.3 Å². The average molecular weight is 471 g/mol. The molecule has 11 heteroatoms. The van der Waals surface area contributed by atoms with Gasteiger partial charge in [-0.15, -0.1) is 0 Å². The number of ether oxygens (including phenoxy) is 1. The molecule has 34 heavy (non-hydrogen) atoms. The molecule has 2 aromatic heterocycles. The molecule has 0 radical (unpaired) electrons. The van der Waals surface area contributed by atoms with Crippen LogP contribution in [-0.2, 0) is 24.1 Å². The van der Waals surface area contributed by atoms with Crippen LogP contribution in [0.15, 0.2) is 65.8 Å². The van der Waals surface area contributed by atoms with E-state index >= 15 is 0 Å². The van der Waals surface area contributed by atoms with Crippen molar-refractivity contribution in [2.75, 3.05) is 14.2 Å². The zero-order chi connectivity index (χ0) is 24.5. The highest BCUT2D eigenvalue weighted by atomic mass is 19.4. The van der Waals surface area contributed by atoms with E-state index in [9.17, 15) is 22.8 Å². The van der Waals surface area contributed by atoms with Gasteiger partial charge in [0.05, 0.1) is 24.6 Å². The van der Waals surface area contributed by atoms with Crippen LogP contribution in [0.4, 0.5) is 13.2 Å². The number of benzene rings is 2. The summed E-state index contributed by atoms with van der Waals surface area (Å²) in [4.78, 5) is 31.3. The molecule has 8 nitrogen and oxygen atoms in total. The lowest BCUT2D eigenvalue weighted by Gasteiger charge is -2.19. The van der Waals surface area contributed by atoms with E-state index in [-0.39, 0.29) is 35.7 Å². The van der Waals surface area contributed by atoms with Crippen molar-refractivity contribution in [1.29, 1.82) is 0 Å². The van der Waals surface area contributed by atoms with Crippen molar-refractivity contribution in [3.05, 3.63) is 82.5 Å². The number of fused-ring (bicyclic) bond motifs is 1. The van der Waals surface area contributed by atoms with Crippen molar-refractivity contribution in [3.8, 4) is 11.4 Å². The molecule has 0 fully saturated rings. The first kappa shape index (κ1) is 23.0. The maximum atomic E-state index is 13.1. The fourth-order valence-corrected chi connectivity index (χ4v) is 3.51. The number of rotatable bonds is 6. The third-order valence-electron chi connectivity index (χ3n) is 5.30. The number of hydrogen-bond acceptors (Lipinski definition) is 5. The van der Waals surface area contributed by atoms with Crippen molar-refractivity contribution in [3.63, 3.8) is 0 Å². The van der Waals surface area contributed by atoms with Gasteiger partial charge in [0.15, 0.2) is 5.65 Å². The van der Waals surface area contributed by atoms with Gasteiger partial charge in [-0.25, -0.2) is 9.67 Å². The second-order valence-corrected chi connectivity index (χ2v) is 7.58. The molecule has 0 saturated carbocycles. The van der Waals surface area contributed by atoms with Crippen molar-refractivity contribution in [1.82, 2.24) is 24.2 Å². The number of carbonyl (C=O) groups is 1. The Morgan fingerprint density at radius 2 is 1.91 bits per heavy atom. The summed E-state index contributed by atoms with van der Waals surface area (Å²) in [6.45, 7) is 0.0168. The lowest BCUT2D eigenvalue weighted by Crippen LogP contribution is -2.33. The number of likely N-dealkylation sites (N-methyl/N-ethyl adjacent to an activating group) is 1. The largest absolute Gasteiger partial charge is 0.496 e. The summed E-state index contributed by atoms with van der Waals surface area (Å²) in [6, 6.07) is 11.8. The Morgan fingerprint density at radius 1 is 1.15 bits per heavy atom. The second-order valence-electron chi connectivity index (χ2n) is 7.58. The quantitative estimate of drug-likeness (QED) is 0.431. The first-order valence-electron chi connectivity index (χ1n) is 10.2. The number of alkyl halides is 3. The molecule has 0 N–H and O–H groups in total. The summed E-state index contributed by atoms with van der Waals surface area (Å²) in [5.74, 6) is 0.309. The van der Waals surface area contributed by atoms with Gasteiger partial charge in [0.1, 0.15) is 24.0 Å².